The van der Waals surface area contributed by atoms with Crippen molar-refractivity contribution in [3.8, 4) is 0 Å². The second-order valence-electron chi connectivity index (χ2n) is 4.82. The Balaban J connectivity index is 1.92. The first-order valence-electron chi connectivity index (χ1n) is 6.88. The Labute approximate surface area is 122 Å². The summed E-state index contributed by atoms with van der Waals surface area (Å²) in [5, 5.41) is 8.12. The number of fused-ring (bicyclic) bond motifs is 1. The Bertz CT molecular complexity index is 802. The number of amides is 1. The summed E-state index contributed by atoms with van der Waals surface area (Å²) in [6.07, 6.45) is 1.74. The van der Waals surface area contributed by atoms with Gasteiger partial charge in [-0.2, -0.15) is 5.10 Å². The van der Waals surface area contributed by atoms with Crippen LogP contribution < -0.4 is 5.32 Å². The Hall–Kier alpha value is -2.69. The lowest BCUT2D eigenvalue weighted by atomic mass is 10.2. The van der Waals surface area contributed by atoms with E-state index in [0.29, 0.717) is 5.69 Å². The number of rotatable bonds is 3. The van der Waals surface area contributed by atoms with Crippen molar-refractivity contribution in [3.05, 3.63) is 54.0 Å². The van der Waals surface area contributed by atoms with Crippen LogP contribution >= 0.6 is 0 Å². The van der Waals surface area contributed by atoms with Gasteiger partial charge in [0, 0.05) is 23.8 Å². The molecule has 3 rings (SSSR count). The fourth-order valence-corrected chi connectivity index (χ4v) is 2.34. The number of carbonyl (C=O) groups excluding carboxylic acids is 1. The molecule has 2 aromatic heterocycles. The number of carbonyl (C=O) groups is 1. The summed E-state index contributed by atoms with van der Waals surface area (Å²) in [5.41, 5.74) is 3.00. The highest BCUT2D eigenvalue weighted by Crippen LogP contribution is 2.21. The van der Waals surface area contributed by atoms with Crippen LogP contribution in [0.5, 0.6) is 0 Å². The zero-order valence-electron chi connectivity index (χ0n) is 12.0. The maximum Gasteiger partial charge on any atom is 0.276 e. The number of nitrogens with one attached hydrogen (secondary N) is 1. The number of benzene rings is 1. The van der Waals surface area contributed by atoms with E-state index in [4.69, 9.17) is 0 Å². The average molecular weight is 280 g/mol. The quantitative estimate of drug-likeness (QED) is 0.802. The zero-order valence-corrected chi connectivity index (χ0v) is 12.0. The lowest BCUT2D eigenvalue weighted by molar-refractivity contribution is 0.102. The van der Waals surface area contributed by atoms with Crippen LogP contribution in [0.15, 0.2) is 42.6 Å². The van der Waals surface area contributed by atoms with E-state index in [1.54, 1.807) is 16.9 Å². The van der Waals surface area contributed by atoms with Crippen molar-refractivity contribution < 1.29 is 4.79 Å². The van der Waals surface area contributed by atoms with Crippen molar-refractivity contribution in [2.75, 3.05) is 5.32 Å². The molecule has 0 aliphatic rings. The number of nitrogens with zero attached hydrogens (tertiary/aromatic N) is 3. The molecule has 3 aromatic rings. The smallest absolute Gasteiger partial charge is 0.276 e. The molecule has 0 unspecified atom stereocenters. The van der Waals surface area contributed by atoms with Gasteiger partial charge < -0.3 is 5.32 Å². The van der Waals surface area contributed by atoms with E-state index in [-0.39, 0.29) is 5.91 Å². The third-order valence-corrected chi connectivity index (χ3v) is 3.41. The lowest BCUT2D eigenvalue weighted by Crippen LogP contribution is -2.13. The molecule has 0 radical (unpaired) electrons. The monoisotopic (exact) mass is 280 g/mol. The van der Waals surface area contributed by atoms with Gasteiger partial charge >= 0.3 is 0 Å². The number of anilines is 1. The molecule has 1 N–H and O–H groups in total. The predicted molar refractivity (Wildman–Crippen MR) is 82.3 cm³/mol. The molecular formula is C16H16N4O. The highest BCUT2D eigenvalue weighted by molar-refractivity contribution is 6.07. The van der Waals surface area contributed by atoms with E-state index in [0.717, 1.165) is 28.8 Å². The van der Waals surface area contributed by atoms with E-state index in [9.17, 15) is 4.79 Å². The van der Waals surface area contributed by atoms with Crippen LogP contribution in [0.1, 0.15) is 23.1 Å². The molecule has 1 amide bonds. The first-order valence-corrected chi connectivity index (χ1v) is 6.88. The molecule has 0 aliphatic heterocycles. The number of aryl methyl sites for hydroxylation is 2. The first-order chi connectivity index (χ1) is 10.2. The summed E-state index contributed by atoms with van der Waals surface area (Å²) in [6.45, 7) is 4.68. The van der Waals surface area contributed by atoms with Gasteiger partial charge in [-0.3, -0.25) is 14.5 Å². The molecule has 106 valence electrons. The molecular weight excluding hydrogens is 264 g/mol. The van der Waals surface area contributed by atoms with Gasteiger partial charge in [0.15, 0.2) is 5.69 Å². The molecule has 0 saturated heterocycles. The second-order valence-corrected chi connectivity index (χ2v) is 4.82. The molecule has 2 heterocycles. The summed E-state index contributed by atoms with van der Waals surface area (Å²) in [7, 11) is 0. The van der Waals surface area contributed by atoms with Gasteiger partial charge in [0.05, 0.1) is 11.2 Å². The Kier molecular flexibility index (Phi) is 3.39. The minimum absolute atomic E-state index is 0.207. The van der Waals surface area contributed by atoms with Crippen molar-refractivity contribution in [1.29, 1.82) is 0 Å². The maximum absolute atomic E-state index is 12.3. The number of hydrogen-bond donors (Lipinski definition) is 1. The molecule has 0 atom stereocenters. The van der Waals surface area contributed by atoms with Crippen molar-refractivity contribution in [3.63, 3.8) is 0 Å². The van der Waals surface area contributed by atoms with Gasteiger partial charge in [0.25, 0.3) is 5.91 Å². The standard InChI is InChI=1S/C16H16N4O/c1-3-20-11(2)10-15(19-20)16(21)18-14-8-4-7-13-12(14)6-5-9-17-13/h4-10H,3H2,1-2H3,(H,18,21). The molecule has 0 saturated carbocycles. The molecule has 0 spiro atoms. The van der Waals surface area contributed by atoms with Crippen LogP contribution in [0.4, 0.5) is 5.69 Å². The van der Waals surface area contributed by atoms with Crippen molar-refractivity contribution in [2.24, 2.45) is 0 Å². The van der Waals surface area contributed by atoms with Gasteiger partial charge in [-0.15, -0.1) is 0 Å². The van der Waals surface area contributed by atoms with Crippen LogP contribution in [0.25, 0.3) is 10.9 Å². The molecule has 0 aliphatic carbocycles. The molecule has 5 heteroatoms. The third kappa shape index (κ3) is 2.50. The molecule has 0 bridgehead atoms. The van der Waals surface area contributed by atoms with E-state index in [2.05, 4.69) is 15.4 Å². The highest BCUT2D eigenvalue weighted by atomic mass is 16.1. The van der Waals surface area contributed by atoms with Crippen LogP contribution in [0.2, 0.25) is 0 Å². The third-order valence-electron chi connectivity index (χ3n) is 3.41. The highest BCUT2D eigenvalue weighted by Gasteiger charge is 2.13. The number of pyridine rings is 1. The van der Waals surface area contributed by atoms with Crippen LogP contribution in [-0.4, -0.2) is 20.7 Å². The van der Waals surface area contributed by atoms with E-state index in [1.807, 2.05) is 44.2 Å². The normalized spacial score (nSPS) is 10.8. The summed E-state index contributed by atoms with van der Waals surface area (Å²) in [5.74, 6) is -0.207. The topological polar surface area (TPSA) is 59.8 Å². The summed E-state index contributed by atoms with van der Waals surface area (Å²) < 4.78 is 1.81. The Morgan fingerprint density at radius 3 is 2.90 bits per heavy atom. The fourth-order valence-electron chi connectivity index (χ4n) is 2.34. The summed E-state index contributed by atoms with van der Waals surface area (Å²) >= 11 is 0. The minimum atomic E-state index is -0.207. The van der Waals surface area contributed by atoms with Crippen LogP contribution in [-0.2, 0) is 6.54 Å². The predicted octanol–water partition coefficient (Wildman–Crippen LogP) is 3.01. The van der Waals surface area contributed by atoms with E-state index < -0.39 is 0 Å². The van der Waals surface area contributed by atoms with Gasteiger partial charge in [0.2, 0.25) is 0 Å². The van der Waals surface area contributed by atoms with E-state index in [1.165, 1.54) is 0 Å². The van der Waals surface area contributed by atoms with Crippen molar-refractivity contribution in [1.82, 2.24) is 14.8 Å². The Morgan fingerprint density at radius 2 is 2.14 bits per heavy atom. The molecule has 1 aromatic carbocycles. The van der Waals surface area contributed by atoms with Gasteiger partial charge in [-0.1, -0.05) is 6.07 Å². The average Bonchev–Trinajstić information content (AvgIpc) is 2.89. The molecule has 0 fully saturated rings. The van der Waals surface area contributed by atoms with Crippen molar-refractivity contribution in [2.45, 2.75) is 20.4 Å². The van der Waals surface area contributed by atoms with Crippen LogP contribution in [0, 0.1) is 6.92 Å². The van der Waals surface area contributed by atoms with E-state index >= 15 is 0 Å². The van der Waals surface area contributed by atoms with Crippen LogP contribution in [0.3, 0.4) is 0 Å². The second kappa shape index (κ2) is 5.36. The minimum Gasteiger partial charge on any atom is -0.320 e. The maximum atomic E-state index is 12.3. The SMILES string of the molecule is CCn1nc(C(=O)Nc2cccc3ncccc23)cc1C. The zero-order chi connectivity index (χ0) is 14.8. The number of hydrogen-bond acceptors (Lipinski definition) is 3. The summed E-state index contributed by atoms with van der Waals surface area (Å²) in [4.78, 5) is 16.6. The fraction of sp³-hybridized carbons (Fsp3) is 0.188. The molecule has 5 nitrogen and oxygen atoms in total. The molecule has 21 heavy (non-hydrogen) atoms. The summed E-state index contributed by atoms with van der Waals surface area (Å²) in [6, 6.07) is 11.2. The first kappa shape index (κ1) is 13.3. The lowest BCUT2D eigenvalue weighted by Gasteiger charge is -2.06. The number of aromatic nitrogens is 3. The largest absolute Gasteiger partial charge is 0.320 e. The van der Waals surface area contributed by atoms with Gasteiger partial charge in [-0.05, 0) is 44.2 Å². The Morgan fingerprint density at radius 1 is 1.29 bits per heavy atom. The van der Waals surface area contributed by atoms with Crippen molar-refractivity contribution >= 4 is 22.5 Å². The van der Waals surface area contributed by atoms with Gasteiger partial charge in [-0.25, -0.2) is 0 Å². The van der Waals surface area contributed by atoms with Gasteiger partial charge in [0.1, 0.15) is 0 Å².